The van der Waals surface area contributed by atoms with Crippen molar-refractivity contribution in [3.63, 3.8) is 0 Å². The molecule has 36 heavy (non-hydrogen) atoms. The molecule has 0 saturated carbocycles. The Morgan fingerprint density at radius 1 is 1.03 bits per heavy atom. The predicted molar refractivity (Wildman–Crippen MR) is 136 cm³/mol. The van der Waals surface area contributed by atoms with Crippen molar-refractivity contribution < 1.29 is 33.0 Å². The van der Waals surface area contributed by atoms with Gasteiger partial charge in [-0.3, -0.25) is 19.5 Å². The molecule has 0 radical (unpaired) electrons. The van der Waals surface area contributed by atoms with Crippen LogP contribution in [0, 0.1) is 10.1 Å². The summed E-state index contributed by atoms with van der Waals surface area (Å²) in [4.78, 5) is 39.3. The molecule has 0 aliphatic rings. The van der Waals surface area contributed by atoms with Crippen molar-refractivity contribution in [2.75, 3.05) is 19.4 Å². The maximum Gasteiger partial charge on any atom is 0.331 e. The number of benzene rings is 2. The standard InChI is InChI=1S/C24H28N3O8P/c1-5-33-36(32,34-6-2)13-7-12-26-22-10-8-18(24(29)16(3)25-35-17(4)28)14-20(22)21-15-19(27(30)31)9-11-23(21)26/h8-11,14-15H,5-7,12-13H2,1-4H3/b25-16+. The summed E-state index contributed by atoms with van der Waals surface area (Å²) >= 11 is 0. The zero-order valence-electron chi connectivity index (χ0n) is 20.6. The minimum absolute atomic E-state index is 0.0122. The lowest BCUT2D eigenvalue weighted by Crippen LogP contribution is -2.12. The number of carbonyl (C=O) groups excluding carboxylic acids is 2. The molecule has 0 unspecified atom stereocenters. The van der Waals surface area contributed by atoms with Crippen molar-refractivity contribution in [2.24, 2.45) is 5.16 Å². The summed E-state index contributed by atoms with van der Waals surface area (Å²) in [6.07, 6.45) is 0.688. The molecule has 3 rings (SSSR count). The van der Waals surface area contributed by atoms with Gasteiger partial charge in [-0.05, 0) is 51.5 Å². The smallest absolute Gasteiger partial charge is 0.331 e. The molecule has 0 aliphatic carbocycles. The van der Waals surface area contributed by atoms with Crippen LogP contribution in [0.4, 0.5) is 5.69 Å². The van der Waals surface area contributed by atoms with E-state index in [0.717, 1.165) is 11.0 Å². The van der Waals surface area contributed by atoms with Crippen molar-refractivity contribution in [3.8, 4) is 0 Å². The van der Waals surface area contributed by atoms with E-state index in [9.17, 15) is 24.3 Å². The largest absolute Gasteiger partial charge is 0.340 e. The monoisotopic (exact) mass is 517 g/mol. The Morgan fingerprint density at radius 3 is 2.22 bits per heavy atom. The first-order valence-corrected chi connectivity index (χ1v) is 13.2. The molecule has 0 spiro atoms. The lowest BCUT2D eigenvalue weighted by Gasteiger charge is -2.17. The molecule has 12 heteroatoms. The molecule has 11 nitrogen and oxygen atoms in total. The highest BCUT2D eigenvalue weighted by molar-refractivity contribution is 7.53. The summed E-state index contributed by atoms with van der Waals surface area (Å²) in [6, 6.07) is 9.55. The molecule has 2 aromatic carbocycles. The van der Waals surface area contributed by atoms with Crippen molar-refractivity contribution >= 4 is 52.6 Å². The van der Waals surface area contributed by atoms with Crippen molar-refractivity contribution in [3.05, 3.63) is 52.1 Å². The van der Waals surface area contributed by atoms with Crippen molar-refractivity contribution in [2.45, 2.75) is 40.7 Å². The maximum atomic E-state index is 12.9. The van der Waals surface area contributed by atoms with Crippen LogP contribution in [0.25, 0.3) is 21.8 Å². The van der Waals surface area contributed by atoms with Gasteiger partial charge in [-0.25, -0.2) is 4.79 Å². The lowest BCUT2D eigenvalue weighted by atomic mass is 10.0. The number of Topliss-reactive ketones (excluding diaryl/α,β-unsaturated/α-hetero) is 1. The summed E-state index contributed by atoms with van der Waals surface area (Å²) in [6.45, 7) is 7.10. The molecular formula is C24H28N3O8P. The number of nitrogens with zero attached hydrogens (tertiary/aromatic N) is 3. The van der Waals surface area contributed by atoms with Gasteiger partial charge in [0.15, 0.2) is 0 Å². The van der Waals surface area contributed by atoms with Crippen LogP contribution >= 0.6 is 7.60 Å². The number of oxime groups is 1. The predicted octanol–water partition coefficient (Wildman–Crippen LogP) is 5.48. The van der Waals surface area contributed by atoms with Crippen LogP contribution in [-0.4, -0.2) is 46.3 Å². The number of aryl methyl sites for hydroxylation is 1. The van der Waals surface area contributed by atoms with E-state index in [-0.39, 0.29) is 30.8 Å². The van der Waals surface area contributed by atoms with Crippen LogP contribution in [0.2, 0.25) is 0 Å². The van der Waals surface area contributed by atoms with Gasteiger partial charge < -0.3 is 18.5 Å². The Morgan fingerprint density at radius 2 is 1.64 bits per heavy atom. The van der Waals surface area contributed by atoms with Crippen molar-refractivity contribution in [1.82, 2.24) is 4.57 Å². The highest BCUT2D eigenvalue weighted by atomic mass is 31.2. The third-order valence-corrected chi connectivity index (χ3v) is 7.59. The van der Waals surface area contributed by atoms with E-state index in [0.29, 0.717) is 29.3 Å². The summed E-state index contributed by atoms with van der Waals surface area (Å²) in [5.74, 6) is -1.09. The van der Waals surface area contributed by atoms with Gasteiger partial charge in [0.05, 0.1) is 24.3 Å². The number of aromatic nitrogens is 1. The molecule has 3 aromatic rings. The minimum Gasteiger partial charge on any atom is -0.340 e. The van der Waals surface area contributed by atoms with E-state index < -0.39 is 24.3 Å². The van der Waals surface area contributed by atoms with Crippen LogP contribution in [0.1, 0.15) is 44.5 Å². The zero-order chi connectivity index (χ0) is 26.5. The van der Waals surface area contributed by atoms with E-state index in [1.54, 1.807) is 38.1 Å². The second-order valence-corrected chi connectivity index (χ2v) is 10.1. The first kappa shape index (κ1) is 27.2. The Kier molecular flexibility index (Phi) is 8.73. The van der Waals surface area contributed by atoms with Crippen LogP contribution in [0.3, 0.4) is 0 Å². The van der Waals surface area contributed by atoms with Gasteiger partial charge in [0.25, 0.3) is 5.69 Å². The van der Waals surface area contributed by atoms with E-state index in [1.165, 1.54) is 26.0 Å². The highest BCUT2D eigenvalue weighted by Crippen LogP contribution is 2.48. The second-order valence-electron chi connectivity index (χ2n) is 7.95. The van der Waals surface area contributed by atoms with E-state index in [4.69, 9.17) is 9.05 Å². The van der Waals surface area contributed by atoms with Gasteiger partial charge in [-0.15, -0.1) is 0 Å². The van der Waals surface area contributed by atoms with Gasteiger partial charge in [-0.2, -0.15) is 0 Å². The van der Waals surface area contributed by atoms with Crippen LogP contribution in [-0.2, 0) is 29.8 Å². The third kappa shape index (κ3) is 6.04. The van der Waals surface area contributed by atoms with Gasteiger partial charge in [0.1, 0.15) is 5.71 Å². The van der Waals surface area contributed by atoms with Gasteiger partial charge >= 0.3 is 13.6 Å². The molecule has 1 aromatic heterocycles. The molecule has 0 bridgehead atoms. The number of ketones is 1. The molecule has 0 atom stereocenters. The van der Waals surface area contributed by atoms with Crippen LogP contribution in [0.15, 0.2) is 41.6 Å². The number of non-ortho nitro benzene ring substituents is 1. The summed E-state index contributed by atoms with van der Waals surface area (Å²) < 4.78 is 25.6. The first-order chi connectivity index (χ1) is 17.1. The fourth-order valence-electron chi connectivity index (χ4n) is 3.95. The molecule has 0 amide bonds. The lowest BCUT2D eigenvalue weighted by molar-refractivity contribution is -0.384. The number of carbonyl (C=O) groups is 2. The summed E-state index contributed by atoms with van der Waals surface area (Å²) in [5, 5.41) is 16.2. The number of hydrogen-bond acceptors (Lipinski definition) is 9. The molecular weight excluding hydrogens is 489 g/mol. The summed E-state index contributed by atoms with van der Waals surface area (Å²) in [5.41, 5.74) is 1.68. The average molecular weight is 517 g/mol. The Hall–Kier alpha value is -3.40. The average Bonchev–Trinajstić information content (AvgIpc) is 3.14. The number of nitro groups is 1. The Bertz CT molecular complexity index is 1390. The molecule has 0 N–H and O–H groups in total. The van der Waals surface area contributed by atoms with Crippen LogP contribution in [0.5, 0.6) is 0 Å². The first-order valence-electron chi connectivity index (χ1n) is 11.5. The Balaban J connectivity index is 2.04. The molecule has 192 valence electrons. The van der Waals surface area contributed by atoms with E-state index in [2.05, 4.69) is 9.99 Å². The molecule has 0 fully saturated rings. The van der Waals surface area contributed by atoms with Crippen LogP contribution < -0.4 is 0 Å². The minimum atomic E-state index is -3.22. The topological polar surface area (TPSA) is 139 Å². The number of fused-ring (bicyclic) bond motifs is 3. The number of hydrogen-bond donors (Lipinski definition) is 0. The maximum absolute atomic E-state index is 12.9. The van der Waals surface area contributed by atoms with Gasteiger partial charge in [-0.1, -0.05) is 5.16 Å². The molecule has 0 saturated heterocycles. The number of nitro benzene ring substituents is 1. The zero-order valence-corrected chi connectivity index (χ0v) is 21.4. The normalized spacial score (nSPS) is 12.3. The van der Waals surface area contributed by atoms with Gasteiger partial charge in [0, 0.05) is 53.0 Å². The van der Waals surface area contributed by atoms with Crippen molar-refractivity contribution in [1.29, 1.82) is 0 Å². The van der Waals surface area contributed by atoms with E-state index in [1.807, 2.05) is 4.57 Å². The SMILES string of the molecule is CCOP(=O)(CCCn1c2ccc(C(=O)/C(C)=N/OC(C)=O)cc2c2cc([N+](=O)[O-])ccc21)OCC. The van der Waals surface area contributed by atoms with E-state index >= 15 is 0 Å². The second kappa shape index (κ2) is 11.6. The summed E-state index contributed by atoms with van der Waals surface area (Å²) in [7, 11) is -3.22. The Labute approximate surface area is 207 Å². The quantitative estimate of drug-likeness (QED) is 0.0768. The molecule has 1 heterocycles. The molecule has 0 aliphatic heterocycles. The third-order valence-electron chi connectivity index (χ3n) is 5.43. The van der Waals surface area contributed by atoms with Gasteiger partial charge in [0.2, 0.25) is 5.78 Å². The highest BCUT2D eigenvalue weighted by Gasteiger charge is 2.24. The fourth-order valence-corrected chi connectivity index (χ4v) is 5.60. The fraction of sp³-hybridized carbons (Fsp3) is 0.375. The number of rotatable bonds is 12.